The number of nitrogens with two attached hydrogens (primary N) is 1. The maximum atomic E-state index is 14.4. The minimum atomic E-state index is -1.16. The van der Waals surface area contributed by atoms with E-state index in [4.69, 9.17) is 5.73 Å². The van der Waals surface area contributed by atoms with Crippen molar-refractivity contribution < 1.29 is 13.6 Å². The molecule has 0 bridgehead atoms. The fraction of sp³-hybridized carbons (Fsp3) is 0.103. The quantitative estimate of drug-likeness (QED) is 0.314. The monoisotopic (exact) mass is 565 g/mol. The van der Waals surface area contributed by atoms with Crippen molar-refractivity contribution in [2.45, 2.75) is 13.0 Å². The van der Waals surface area contributed by atoms with Crippen molar-refractivity contribution in [3.8, 4) is 17.5 Å². The van der Waals surface area contributed by atoms with E-state index in [1.165, 1.54) is 16.8 Å². The molecule has 2 aromatic carbocycles. The molecule has 11 nitrogen and oxygen atoms in total. The molecule has 13 heteroatoms. The van der Waals surface area contributed by atoms with Crippen LogP contribution >= 0.6 is 0 Å². The molecule has 6 rings (SSSR count). The van der Waals surface area contributed by atoms with Crippen LogP contribution < -0.4 is 16.6 Å². The van der Waals surface area contributed by atoms with Crippen molar-refractivity contribution in [2.75, 3.05) is 5.73 Å². The molecule has 6 aromatic rings. The molecule has 0 spiro atoms. The predicted molar refractivity (Wildman–Crippen MR) is 150 cm³/mol. The van der Waals surface area contributed by atoms with Gasteiger partial charge in [0.1, 0.15) is 11.4 Å². The number of benzene rings is 2. The first-order valence-electron chi connectivity index (χ1n) is 12.6. The van der Waals surface area contributed by atoms with Gasteiger partial charge in [-0.25, -0.2) is 23.3 Å². The van der Waals surface area contributed by atoms with Crippen LogP contribution in [0.1, 0.15) is 40.3 Å². The second-order valence-electron chi connectivity index (χ2n) is 9.40. The molecule has 3 N–H and O–H groups in total. The van der Waals surface area contributed by atoms with E-state index in [1.54, 1.807) is 61.5 Å². The summed E-state index contributed by atoms with van der Waals surface area (Å²) < 4.78 is 32.3. The van der Waals surface area contributed by atoms with Gasteiger partial charge in [-0.15, -0.1) is 5.10 Å². The standard InChI is InChI=1S/C29H21F2N9O2/c1-16(35-28(41)24-25(32)37-39-12-4-11-33-27(24)39)26-36-22-6-3-5-18(8-7-17-14-34-38(2)15-17)23(22)29(42)40(26)19-9-10-20(30)21(31)13-19/h3-6,9-16H,1-2H3,(H2,32,37)(H,35,41). The Bertz CT molecular complexity index is 2150. The van der Waals surface area contributed by atoms with Crippen molar-refractivity contribution >= 4 is 28.3 Å². The molecule has 0 aliphatic carbocycles. The zero-order valence-corrected chi connectivity index (χ0v) is 22.2. The summed E-state index contributed by atoms with van der Waals surface area (Å²) in [6.07, 6.45) is 6.41. The lowest BCUT2D eigenvalue weighted by Gasteiger charge is -2.20. The number of hydrogen-bond donors (Lipinski definition) is 2. The number of carbonyl (C=O) groups is 1. The molecule has 4 heterocycles. The molecule has 0 radical (unpaired) electrons. The third-order valence-corrected chi connectivity index (χ3v) is 6.52. The van der Waals surface area contributed by atoms with E-state index in [9.17, 15) is 18.4 Å². The SMILES string of the molecule is CC(NC(=O)c1c(N)nn2cccnc12)c1nc2cccc(C#Cc3cnn(C)c3)c2c(=O)n1-c1ccc(F)c(F)c1. The average Bonchev–Trinajstić information content (AvgIpc) is 3.54. The van der Waals surface area contributed by atoms with Gasteiger partial charge in [0.05, 0.1) is 34.4 Å². The molecular formula is C29H21F2N9O2. The summed E-state index contributed by atoms with van der Waals surface area (Å²) in [6, 6.07) is 8.77. The number of fused-ring (bicyclic) bond motifs is 2. The largest absolute Gasteiger partial charge is 0.381 e. The molecule has 0 saturated carbocycles. The summed E-state index contributed by atoms with van der Waals surface area (Å²) in [5.41, 5.74) is 7.02. The highest BCUT2D eigenvalue weighted by Crippen LogP contribution is 2.23. The number of anilines is 1. The summed E-state index contributed by atoms with van der Waals surface area (Å²) in [7, 11) is 1.76. The molecule has 0 saturated heterocycles. The zero-order chi connectivity index (χ0) is 29.5. The Morgan fingerprint density at radius 2 is 1.95 bits per heavy atom. The second-order valence-corrected chi connectivity index (χ2v) is 9.40. The van der Waals surface area contributed by atoms with E-state index in [0.717, 1.165) is 16.7 Å². The normalized spacial score (nSPS) is 11.8. The van der Waals surface area contributed by atoms with Gasteiger partial charge in [0.2, 0.25) is 0 Å². The second kappa shape index (κ2) is 10.3. The topological polar surface area (TPSA) is 138 Å². The van der Waals surface area contributed by atoms with Gasteiger partial charge in [-0.2, -0.15) is 5.10 Å². The number of halogens is 2. The van der Waals surface area contributed by atoms with Crippen molar-refractivity contribution in [1.82, 2.24) is 39.2 Å². The number of nitrogen functional groups attached to an aromatic ring is 1. The van der Waals surface area contributed by atoms with Crippen LogP contribution in [0.15, 0.2) is 72.0 Å². The van der Waals surface area contributed by atoms with Crippen molar-refractivity contribution in [1.29, 1.82) is 0 Å². The smallest absolute Gasteiger partial charge is 0.267 e. The summed E-state index contributed by atoms with van der Waals surface area (Å²) >= 11 is 0. The number of hydrogen-bond acceptors (Lipinski definition) is 7. The third kappa shape index (κ3) is 4.60. The lowest BCUT2D eigenvalue weighted by molar-refractivity contribution is 0.0940. The summed E-state index contributed by atoms with van der Waals surface area (Å²) in [4.78, 5) is 36.3. The minimum absolute atomic E-state index is 0.0107. The minimum Gasteiger partial charge on any atom is -0.381 e. The first-order chi connectivity index (χ1) is 20.2. The maximum absolute atomic E-state index is 14.4. The molecule has 0 aliphatic heterocycles. The molecule has 42 heavy (non-hydrogen) atoms. The maximum Gasteiger partial charge on any atom is 0.267 e. The van der Waals surface area contributed by atoms with E-state index in [2.05, 4.69) is 37.3 Å². The summed E-state index contributed by atoms with van der Waals surface area (Å²) in [5, 5.41) is 11.1. The Labute approximate surface area is 236 Å². The van der Waals surface area contributed by atoms with Crippen LogP contribution in [-0.2, 0) is 7.05 Å². The Balaban J connectivity index is 1.50. The van der Waals surface area contributed by atoms with Gasteiger partial charge >= 0.3 is 0 Å². The Hall–Kier alpha value is -5.90. The van der Waals surface area contributed by atoms with Crippen LogP contribution in [0, 0.1) is 23.5 Å². The van der Waals surface area contributed by atoms with Crippen LogP contribution in [0.25, 0.3) is 22.2 Å². The number of nitrogens with one attached hydrogen (secondary N) is 1. The first-order valence-corrected chi connectivity index (χ1v) is 12.6. The molecule has 0 fully saturated rings. The highest BCUT2D eigenvalue weighted by Gasteiger charge is 2.25. The zero-order valence-electron chi connectivity index (χ0n) is 22.2. The number of nitrogens with zero attached hydrogens (tertiary/aromatic N) is 7. The fourth-order valence-electron chi connectivity index (χ4n) is 4.60. The van der Waals surface area contributed by atoms with E-state index in [1.807, 2.05) is 0 Å². The lowest BCUT2D eigenvalue weighted by atomic mass is 10.1. The van der Waals surface area contributed by atoms with Crippen molar-refractivity contribution in [3.63, 3.8) is 0 Å². The Morgan fingerprint density at radius 3 is 2.71 bits per heavy atom. The highest BCUT2D eigenvalue weighted by molar-refractivity contribution is 6.04. The van der Waals surface area contributed by atoms with E-state index < -0.39 is 29.1 Å². The number of amides is 1. The van der Waals surface area contributed by atoms with Gasteiger partial charge in [-0.3, -0.25) is 18.8 Å². The average molecular weight is 566 g/mol. The van der Waals surface area contributed by atoms with Gasteiger partial charge in [0, 0.05) is 37.3 Å². The number of aromatic nitrogens is 7. The van der Waals surface area contributed by atoms with Gasteiger partial charge in [0.15, 0.2) is 23.1 Å². The molecule has 0 aliphatic rings. The third-order valence-electron chi connectivity index (χ3n) is 6.52. The van der Waals surface area contributed by atoms with Gasteiger partial charge in [-0.05, 0) is 37.3 Å². The molecule has 1 atom stereocenters. The predicted octanol–water partition coefficient (Wildman–Crippen LogP) is 2.91. The highest BCUT2D eigenvalue weighted by atomic mass is 19.2. The molecule has 208 valence electrons. The summed E-state index contributed by atoms with van der Waals surface area (Å²) in [6.45, 7) is 1.60. The van der Waals surface area contributed by atoms with Crippen LogP contribution in [-0.4, -0.2) is 39.8 Å². The molecular weight excluding hydrogens is 544 g/mol. The van der Waals surface area contributed by atoms with Crippen LogP contribution in [0.5, 0.6) is 0 Å². The van der Waals surface area contributed by atoms with E-state index in [-0.39, 0.29) is 33.9 Å². The molecule has 1 unspecified atom stereocenters. The van der Waals surface area contributed by atoms with Gasteiger partial charge in [0.25, 0.3) is 11.5 Å². The van der Waals surface area contributed by atoms with Crippen LogP contribution in [0.4, 0.5) is 14.6 Å². The number of carbonyl (C=O) groups excluding carboxylic acids is 1. The van der Waals surface area contributed by atoms with Crippen LogP contribution in [0.3, 0.4) is 0 Å². The first kappa shape index (κ1) is 26.3. The van der Waals surface area contributed by atoms with Gasteiger partial charge < -0.3 is 11.1 Å². The van der Waals surface area contributed by atoms with Crippen LogP contribution in [0.2, 0.25) is 0 Å². The fourth-order valence-corrected chi connectivity index (χ4v) is 4.60. The van der Waals surface area contributed by atoms with Crippen molar-refractivity contribution in [3.05, 3.63) is 112 Å². The lowest BCUT2D eigenvalue weighted by Crippen LogP contribution is -2.33. The van der Waals surface area contributed by atoms with Crippen molar-refractivity contribution in [2.24, 2.45) is 7.05 Å². The Kier molecular flexibility index (Phi) is 6.43. The molecule has 4 aromatic heterocycles. The summed E-state index contributed by atoms with van der Waals surface area (Å²) in [5.74, 6) is 3.13. The number of aryl methyl sites for hydroxylation is 1. The van der Waals surface area contributed by atoms with E-state index in [0.29, 0.717) is 16.6 Å². The number of rotatable bonds is 4. The van der Waals surface area contributed by atoms with E-state index >= 15 is 0 Å². The molecule has 1 amide bonds. The van der Waals surface area contributed by atoms with Gasteiger partial charge in [-0.1, -0.05) is 17.9 Å². The Morgan fingerprint density at radius 1 is 1.12 bits per heavy atom.